The molecule has 0 bridgehead atoms. The van der Waals surface area contributed by atoms with Crippen molar-refractivity contribution in [2.24, 2.45) is 0 Å². The Morgan fingerprint density at radius 3 is 2.72 bits per heavy atom. The van der Waals surface area contributed by atoms with Crippen LogP contribution in [0.1, 0.15) is 30.5 Å². The van der Waals surface area contributed by atoms with Gasteiger partial charge in [-0.3, -0.25) is 9.48 Å². The Hall–Kier alpha value is -4.42. The molecule has 4 aromatic rings. The molecule has 0 atom stereocenters. The van der Waals surface area contributed by atoms with E-state index in [-0.39, 0.29) is 23.4 Å². The molecule has 39 heavy (non-hydrogen) atoms. The molecule has 1 aliphatic heterocycles. The SMILES string of the molecule is Cc1cc(-c2nc(-c3ccc(OC(F)(F)F)cc3)no2)nn1Cc1ccnc(NCCCN2CCCC2=O)c1. The minimum absolute atomic E-state index is 0.191. The Labute approximate surface area is 221 Å². The van der Waals surface area contributed by atoms with Crippen molar-refractivity contribution in [1.29, 1.82) is 0 Å². The van der Waals surface area contributed by atoms with E-state index in [0.29, 0.717) is 30.8 Å². The summed E-state index contributed by atoms with van der Waals surface area (Å²) in [6.07, 6.45) is -0.595. The van der Waals surface area contributed by atoms with Gasteiger partial charge in [-0.1, -0.05) is 5.16 Å². The van der Waals surface area contributed by atoms with Gasteiger partial charge in [0.15, 0.2) is 5.69 Å². The summed E-state index contributed by atoms with van der Waals surface area (Å²) < 4.78 is 48.2. The Bertz CT molecular complexity index is 1430. The molecule has 204 valence electrons. The summed E-state index contributed by atoms with van der Waals surface area (Å²) >= 11 is 0. The summed E-state index contributed by atoms with van der Waals surface area (Å²) in [5, 5.41) is 11.8. The second kappa shape index (κ2) is 11.1. The van der Waals surface area contributed by atoms with E-state index in [2.05, 4.69) is 30.3 Å². The van der Waals surface area contributed by atoms with Gasteiger partial charge in [-0.15, -0.1) is 13.2 Å². The number of aromatic nitrogens is 5. The van der Waals surface area contributed by atoms with Gasteiger partial charge in [-0.05, 0) is 67.8 Å². The molecule has 0 unspecified atom stereocenters. The van der Waals surface area contributed by atoms with Crippen LogP contribution in [0.15, 0.2) is 53.2 Å². The second-order valence-corrected chi connectivity index (χ2v) is 9.14. The number of amides is 1. The lowest BCUT2D eigenvalue weighted by atomic mass is 10.2. The monoisotopic (exact) mass is 541 g/mol. The molecule has 1 N–H and O–H groups in total. The van der Waals surface area contributed by atoms with E-state index in [0.717, 1.165) is 43.0 Å². The zero-order chi connectivity index (χ0) is 27.4. The fourth-order valence-electron chi connectivity index (χ4n) is 4.29. The molecule has 3 aromatic heterocycles. The summed E-state index contributed by atoms with van der Waals surface area (Å²) in [6, 6.07) is 10.9. The molecule has 1 aromatic carbocycles. The summed E-state index contributed by atoms with van der Waals surface area (Å²) in [5.41, 5.74) is 2.82. The van der Waals surface area contributed by atoms with Crippen LogP contribution in [0.25, 0.3) is 23.0 Å². The Balaban J connectivity index is 1.19. The van der Waals surface area contributed by atoms with Gasteiger partial charge in [0.2, 0.25) is 11.7 Å². The van der Waals surface area contributed by atoms with E-state index in [4.69, 9.17) is 4.52 Å². The number of likely N-dealkylation sites (tertiary alicyclic amines) is 1. The van der Waals surface area contributed by atoms with Crippen molar-refractivity contribution in [3.63, 3.8) is 0 Å². The Kier molecular flexibility index (Phi) is 7.48. The highest BCUT2D eigenvalue weighted by molar-refractivity contribution is 5.78. The number of rotatable bonds is 10. The van der Waals surface area contributed by atoms with E-state index in [1.54, 1.807) is 10.9 Å². The number of alkyl halides is 3. The number of hydrogen-bond acceptors (Lipinski definition) is 8. The Morgan fingerprint density at radius 2 is 1.97 bits per heavy atom. The van der Waals surface area contributed by atoms with Crippen LogP contribution < -0.4 is 10.1 Å². The van der Waals surface area contributed by atoms with Crippen LogP contribution in [-0.4, -0.2) is 61.7 Å². The first kappa shape index (κ1) is 26.2. The minimum atomic E-state index is -4.76. The van der Waals surface area contributed by atoms with E-state index in [9.17, 15) is 18.0 Å². The number of anilines is 1. The van der Waals surface area contributed by atoms with Crippen molar-refractivity contribution in [3.05, 3.63) is 59.9 Å². The first-order chi connectivity index (χ1) is 18.7. The van der Waals surface area contributed by atoms with Crippen molar-refractivity contribution in [2.75, 3.05) is 25.0 Å². The molecule has 1 amide bonds. The number of halogens is 3. The highest BCUT2D eigenvalue weighted by Gasteiger charge is 2.31. The minimum Gasteiger partial charge on any atom is -0.406 e. The zero-order valence-electron chi connectivity index (χ0n) is 21.1. The summed E-state index contributed by atoms with van der Waals surface area (Å²) in [6.45, 7) is 4.70. The number of carbonyl (C=O) groups excluding carboxylic acids is 1. The lowest BCUT2D eigenvalue weighted by Gasteiger charge is -2.15. The van der Waals surface area contributed by atoms with Gasteiger partial charge in [0, 0.05) is 43.5 Å². The lowest BCUT2D eigenvalue weighted by molar-refractivity contribution is -0.274. The largest absolute Gasteiger partial charge is 0.573 e. The number of ether oxygens (including phenoxy) is 1. The molecule has 0 spiro atoms. The van der Waals surface area contributed by atoms with Crippen molar-refractivity contribution in [1.82, 2.24) is 29.8 Å². The quantitative estimate of drug-likeness (QED) is 0.288. The van der Waals surface area contributed by atoms with Crippen molar-refractivity contribution in [3.8, 4) is 28.7 Å². The molecular weight excluding hydrogens is 515 g/mol. The van der Waals surface area contributed by atoms with Gasteiger partial charge in [0.1, 0.15) is 11.6 Å². The molecular formula is C26H26F3N7O3. The van der Waals surface area contributed by atoms with Crippen molar-refractivity contribution >= 4 is 11.7 Å². The maximum Gasteiger partial charge on any atom is 0.573 e. The smallest absolute Gasteiger partial charge is 0.406 e. The molecule has 0 aliphatic carbocycles. The van der Waals surface area contributed by atoms with E-state index >= 15 is 0 Å². The number of aryl methyl sites for hydroxylation is 1. The first-order valence-electron chi connectivity index (χ1n) is 12.4. The molecule has 1 fully saturated rings. The average Bonchev–Trinajstić information content (AvgIpc) is 3.63. The van der Waals surface area contributed by atoms with Crippen molar-refractivity contribution < 1.29 is 27.2 Å². The fraction of sp³-hybridized carbons (Fsp3) is 0.346. The van der Waals surface area contributed by atoms with Crippen LogP contribution >= 0.6 is 0 Å². The molecule has 13 heteroatoms. The second-order valence-electron chi connectivity index (χ2n) is 9.14. The van der Waals surface area contributed by atoms with Gasteiger partial charge < -0.3 is 19.5 Å². The lowest BCUT2D eigenvalue weighted by Crippen LogP contribution is -2.27. The van der Waals surface area contributed by atoms with E-state index in [1.165, 1.54) is 24.3 Å². The maximum atomic E-state index is 12.4. The summed E-state index contributed by atoms with van der Waals surface area (Å²) in [7, 11) is 0. The first-order valence-corrected chi connectivity index (χ1v) is 12.4. The summed E-state index contributed by atoms with van der Waals surface area (Å²) in [5.74, 6) is 1.05. The van der Waals surface area contributed by atoms with Gasteiger partial charge in [0.05, 0.1) is 6.54 Å². The Morgan fingerprint density at radius 1 is 1.15 bits per heavy atom. The number of nitrogens with zero attached hydrogens (tertiary/aromatic N) is 6. The normalized spacial score (nSPS) is 13.7. The van der Waals surface area contributed by atoms with E-state index in [1.807, 2.05) is 30.0 Å². The van der Waals surface area contributed by atoms with Crippen LogP contribution in [0.2, 0.25) is 0 Å². The molecule has 1 aliphatic rings. The maximum absolute atomic E-state index is 12.4. The van der Waals surface area contributed by atoms with Crippen LogP contribution in [0.4, 0.5) is 19.0 Å². The number of nitrogens with one attached hydrogen (secondary N) is 1. The average molecular weight is 542 g/mol. The molecule has 1 saturated heterocycles. The molecule has 0 radical (unpaired) electrons. The highest BCUT2D eigenvalue weighted by Crippen LogP contribution is 2.27. The predicted octanol–water partition coefficient (Wildman–Crippen LogP) is 4.67. The van der Waals surface area contributed by atoms with Gasteiger partial charge >= 0.3 is 6.36 Å². The molecule has 10 nitrogen and oxygen atoms in total. The third-order valence-electron chi connectivity index (χ3n) is 6.21. The zero-order valence-corrected chi connectivity index (χ0v) is 21.1. The third-order valence-corrected chi connectivity index (χ3v) is 6.21. The standard InChI is InChI=1S/C26H26F3N7O3/c1-17-14-21(25-32-24(34-39-25)19-5-7-20(8-6-19)38-26(27,28)29)33-36(17)16-18-9-11-31-22(15-18)30-10-3-13-35-12-2-4-23(35)37/h5-9,11,14-15H,2-4,10,12-13,16H2,1H3,(H,30,31). The number of benzene rings is 1. The third kappa shape index (κ3) is 6.72. The highest BCUT2D eigenvalue weighted by atomic mass is 19.4. The topological polar surface area (TPSA) is 111 Å². The molecule has 4 heterocycles. The van der Waals surface area contributed by atoms with E-state index < -0.39 is 6.36 Å². The van der Waals surface area contributed by atoms with Gasteiger partial charge in [-0.25, -0.2) is 4.98 Å². The number of carbonyl (C=O) groups is 1. The van der Waals surface area contributed by atoms with Crippen molar-refractivity contribution in [2.45, 2.75) is 39.1 Å². The summed E-state index contributed by atoms with van der Waals surface area (Å²) in [4.78, 5) is 22.4. The number of pyridine rings is 1. The van der Waals surface area contributed by atoms with Gasteiger partial charge in [0.25, 0.3) is 5.89 Å². The molecule has 5 rings (SSSR count). The van der Waals surface area contributed by atoms with Gasteiger partial charge in [-0.2, -0.15) is 10.1 Å². The van der Waals surface area contributed by atoms with Crippen LogP contribution in [0.5, 0.6) is 5.75 Å². The van der Waals surface area contributed by atoms with Crippen LogP contribution in [0.3, 0.4) is 0 Å². The molecule has 0 saturated carbocycles. The predicted molar refractivity (Wildman–Crippen MR) is 135 cm³/mol. The number of hydrogen-bond donors (Lipinski definition) is 1. The van der Waals surface area contributed by atoms with Crippen LogP contribution in [-0.2, 0) is 11.3 Å². The fourth-order valence-corrected chi connectivity index (χ4v) is 4.29. The van der Waals surface area contributed by atoms with Crippen LogP contribution in [0, 0.1) is 6.92 Å².